The number of halogens is 1. The van der Waals surface area contributed by atoms with E-state index in [1.807, 2.05) is 24.3 Å². The quantitative estimate of drug-likeness (QED) is 0.867. The number of benzene rings is 1. The standard InChI is InChI=1S/C8H10BrNOS/c9-8-4-2-1-3-7(8)5-6-12(10)11/h1-4H,5-6,10H2/t12-/m1/s1. The maximum atomic E-state index is 10.6. The molecule has 0 saturated carbocycles. The van der Waals surface area contributed by atoms with Crippen molar-refractivity contribution in [1.82, 2.24) is 0 Å². The van der Waals surface area contributed by atoms with E-state index in [0.29, 0.717) is 5.75 Å². The van der Waals surface area contributed by atoms with E-state index in [9.17, 15) is 4.21 Å². The van der Waals surface area contributed by atoms with E-state index >= 15 is 0 Å². The van der Waals surface area contributed by atoms with Gasteiger partial charge in [-0.25, -0.2) is 4.21 Å². The van der Waals surface area contributed by atoms with Crippen LogP contribution in [0.4, 0.5) is 0 Å². The van der Waals surface area contributed by atoms with E-state index in [1.54, 1.807) is 0 Å². The van der Waals surface area contributed by atoms with Crippen LogP contribution >= 0.6 is 15.9 Å². The fourth-order valence-electron chi connectivity index (χ4n) is 0.912. The second kappa shape index (κ2) is 4.74. The van der Waals surface area contributed by atoms with Gasteiger partial charge in [0.2, 0.25) is 0 Å². The molecule has 0 heterocycles. The molecule has 1 aromatic carbocycles. The first kappa shape index (κ1) is 9.89. The van der Waals surface area contributed by atoms with Gasteiger partial charge in [0.25, 0.3) is 0 Å². The highest BCUT2D eigenvalue weighted by Crippen LogP contribution is 2.15. The van der Waals surface area contributed by atoms with Crippen LogP contribution in [0.5, 0.6) is 0 Å². The lowest BCUT2D eigenvalue weighted by Crippen LogP contribution is -2.09. The molecule has 0 saturated heterocycles. The molecule has 2 nitrogen and oxygen atoms in total. The van der Waals surface area contributed by atoms with Crippen molar-refractivity contribution in [3.8, 4) is 0 Å². The van der Waals surface area contributed by atoms with Crippen LogP contribution in [0, 0.1) is 0 Å². The Balaban J connectivity index is 2.63. The summed E-state index contributed by atoms with van der Waals surface area (Å²) in [7, 11) is -1.20. The van der Waals surface area contributed by atoms with Crippen LogP contribution in [0.15, 0.2) is 28.7 Å². The van der Waals surface area contributed by atoms with Crippen LogP contribution in [-0.4, -0.2) is 9.96 Å². The average Bonchev–Trinajstić information content (AvgIpc) is 2.03. The second-order valence-electron chi connectivity index (χ2n) is 2.43. The maximum absolute atomic E-state index is 10.6. The van der Waals surface area contributed by atoms with Gasteiger partial charge in [-0.2, -0.15) is 0 Å². The van der Waals surface area contributed by atoms with Crippen molar-refractivity contribution in [2.45, 2.75) is 6.42 Å². The van der Waals surface area contributed by atoms with Gasteiger partial charge in [0, 0.05) is 10.2 Å². The zero-order valence-corrected chi connectivity index (χ0v) is 8.90. The Labute approximate surface area is 82.9 Å². The third-order valence-electron chi connectivity index (χ3n) is 1.53. The van der Waals surface area contributed by atoms with Crippen LogP contribution in [-0.2, 0) is 17.4 Å². The van der Waals surface area contributed by atoms with Crippen molar-refractivity contribution < 1.29 is 4.21 Å². The highest BCUT2D eigenvalue weighted by Gasteiger charge is 1.99. The molecule has 1 rings (SSSR count). The molecule has 0 aliphatic carbocycles. The zero-order valence-electron chi connectivity index (χ0n) is 6.50. The molecule has 2 N–H and O–H groups in total. The lowest BCUT2D eigenvalue weighted by atomic mass is 10.2. The van der Waals surface area contributed by atoms with E-state index in [-0.39, 0.29) is 0 Å². The minimum atomic E-state index is -1.20. The molecule has 0 fully saturated rings. The molecule has 0 amide bonds. The van der Waals surface area contributed by atoms with E-state index in [1.165, 1.54) is 0 Å². The monoisotopic (exact) mass is 247 g/mol. The molecule has 0 unspecified atom stereocenters. The fourth-order valence-corrected chi connectivity index (χ4v) is 1.82. The smallest absolute Gasteiger partial charge is 0.0891 e. The normalized spacial score (nSPS) is 12.8. The van der Waals surface area contributed by atoms with Gasteiger partial charge in [-0.15, -0.1) is 0 Å². The third kappa shape index (κ3) is 3.05. The maximum Gasteiger partial charge on any atom is 0.0891 e. The first-order valence-electron chi connectivity index (χ1n) is 3.56. The Kier molecular flexibility index (Phi) is 3.91. The Hall–Kier alpha value is -0.190. The SMILES string of the molecule is N[S@](=O)CCc1ccccc1Br. The Morgan fingerprint density at radius 3 is 2.67 bits per heavy atom. The number of hydrogen-bond acceptors (Lipinski definition) is 1. The van der Waals surface area contributed by atoms with E-state index < -0.39 is 11.0 Å². The first-order valence-corrected chi connectivity index (χ1v) is 5.74. The van der Waals surface area contributed by atoms with Gasteiger partial charge >= 0.3 is 0 Å². The van der Waals surface area contributed by atoms with Gasteiger partial charge in [-0.1, -0.05) is 34.1 Å². The highest BCUT2D eigenvalue weighted by atomic mass is 79.9. The topological polar surface area (TPSA) is 43.1 Å². The Morgan fingerprint density at radius 1 is 1.42 bits per heavy atom. The summed E-state index contributed by atoms with van der Waals surface area (Å²) in [5, 5.41) is 5.15. The van der Waals surface area contributed by atoms with Crippen LogP contribution in [0.1, 0.15) is 5.56 Å². The number of aryl methyl sites for hydroxylation is 1. The zero-order chi connectivity index (χ0) is 8.97. The summed E-state index contributed by atoms with van der Waals surface area (Å²) in [5.74, 6) is 0.516. The molecule has 0 bridgehead atoms. The summed E-state index contributed by atoms with van der Waals surface area (Å²) >= 11 is 3.41. The predicted molar refractivity (Wildman–Crippen MR) is 55.0 cm³/mol. The van der Waals surface area contributed by atoms with E-state index in [2.05, 4.69) is 15.9 Å². The summed E-state index contributed by atoms with van der Waals surface area (Å²) in [6.07, 6.45) is 0.754. The Morgan fingerprint density at radius 2 is 2.08 bits per heavy atom. The van der Waals surface area contributed by atoms with Crippen molar-refractivity contribution >= 4 is 26.9 Å². The van der Waals surface area contributed by atoms with Gasteiger partial charge in [0.15, 0.2) is 0 Å². The van der Waals surface area contributed by atoms with Crippen LogP contribution < -0.4 is 5.14 Å². The highest BCUT2D eigenvalue weighted by molar-refractivity contribution is 9.10. The lowest BCUT2D eigenvalue weighted by molar-refractivity contribution is 0.683. The molecular formula is C8H10BrNOS. The minimum absolute atomic E-state index is 0.516. The third-order valence-corrected chi connectivity index (χ3v) is 2.91. The molecule has 1 atom stereocenters. The van der Waals surface area contributed by atoms with E-state index in [0.717, 1.165) is 16.5 Å². The summed E-state index contributed by atoms with van der Waals surface area (Å²) in [6.45, 7) is 0. The molecule has 0 aromatic heterocycles. The summed E-state index contributed by atoms with van der Waals surface area (Å²) in [4.78, 5) is 0. The second-order valence-corrected chi connectivity index (χ2v) is 4.45. The van der Waals surface area contributed by atoms with Gasteiger partial charge < -0.3 is 0 Å². The molecule has 0 spiro atoms. The minimum Gasteiger partial charge on any atom is -0.252 e. The lowest BCUT2D eigenvalue weighted by Gasteiger charge is -2.01. The van der Waals surface area contributed by atoms with Crippen molar-refractivity contribution in [3.63, 3.8) is 0 Å². The van der Waals surface area contributed by atoms with Crippen molar-refractivity contribution in [3.05, 3.63) is 34.3 Å². The van der Waals surface area contributed by atoms with Crippen molar-refractivity contribution in [2.24, 2.45) is 5.14 Å². The Bertz CT molecular complexity index is 290. The average molecular weight is 248 g/mol. The largest absolute Gasteiger partial charge is 0.252 e. The molecule has 1 aromatic rings. The molecule has 0 aliphatic rings. The molecule has 12 heavy (non-hydrogen) atoms. The predicted octanol–water partition coefficient (Wildman–Crippen LogP) is 1.61. The number of nitrogens with two attached hydrogens (primary N) is 1. The number of hydrogen-bond donors (Lipinski definition) is 1. The van der Waals surface area contributed by atoms with Crippen LogP contribution in [0.3, 0.4) is 0 Å². The van der Waals surface area contributed by atoms with Gasteiger partial charge in [0.1, 0.15) is 0 Å². The fraction of sp³-hybridized carbons (Fsp3) is 0.250. The molecular weight excluding hydrogens is 238 g/mol. The molecule has 0 radical (unpaired) electrons. The van der Waals surface area contributed by atoms with E-state index in [4.69, 9.17) is 5.14 Å². The van der Waals surface area contributed by atoms with Crippen molar-refractivity contribution in [2.75, 3.05) is 5.75 Å². The van der Waals surface area contributed by atoms with Gasteiger partial charge in [-0.3, -0.25) is 5.14 Å². The summed E-state index contributed by atoms with van der Waals surface area (Å²) < 4.78 is 11.7. The van der Waals surface area contributed by atoms with Crippen molar-refractivity contribution in [1.29, 1.82) is 0 Å². The van der Waals surface area contributed by atoms with Crippen LogP contribution in [0.25, 0.3) is 0 Å². The van der Waals surface area contributed by atoms with Gasteiger partial charge in [-0.05, 0) is 18.1 Å². The summed E-state index contributed by atoms with van der Waals surface area (Å²) in [5.41, 5.74) is 1.15. The first-order chi connectivity index (χ1) is 5.70. The molecule has 0 aliphatic heterocycles. The number of rotatable bonds is 3. The molecule has 4 heteroatoms. The molecule has 66 valence electrons. The summed E-state index contributed by atoms with van der Waals surface area (Å²) in [6, 6.07) is 7.87. The van der Waals surface area contributed by atoms with Gasteiger partial charge in [0.05, 0.1) is 11.0 Å². The van der Waals surface area contributed by atoms with Crippen LogP contribution in [0.2, 0.25) is 0 Å².